The van der Waals surface area contributed by atoms with Crippen LogP contribution in [0.3, 0.4) is 0 Å². The zero-order valence-corrected chi connectivity index (χ0v) is 19.2. The van der Waals surface area contributed by atoms with E-state index in [0.29, 0.717) is 23.0 Å². The number of nitrogens with zero attached hydrogens (tertiary/aromatic N) is 2. The van der Waals surface area contributed by atoms with Gasteiger partial charge in [0.1, 0.15) is 22.8 Å². The summed E-state index contributed by atoms with van der Waals surface area (Å²) >= 11 is 18.0. The monoisotopic (exact) mass is 550 g/mol. The second kappa shape index (κ2) is 8.19. The first-order valence-electron chi connectivity index (χ1n) is 6.95. The van der Waals surface area contributed by atoms with E-state index >= 15 is 0 Å². The highest BCUT2D eigenvalue weighted by Crippen LogP contribution is 2.69. The van der Waals surface area contributed by atoms with Crippen molar-refractivity contribution in [3.63, 3.8) is 0 Å². The van der Waals surface area contributed by atoms with Crippen LogP contribution in [0, 0.1) is 11.3 Å². The molecule has 15 heteroatoms. The van der Waals surface area contributed by atoms with Crippen LogP contribution in [-0.2, 0) is 16.0 Å². The molecule has 29 heavy (non-hydrogen) atoms. The van der Waals surface area contributed by atoms with Crippen LogP contribution in [0.4, 0.5) is 17.6 Å². The second-order valence-corrected chi connectivity index (χ2v) is 14.0. The Morgan fingerprint density at radius 1 is 1.14 bits per heavy atom. The topological polar surface area (TPSA) is 62.9 Å². The van der Waals surface area contributed by atoms with Crippen LogP contribution in [-0.4, -0.2) is 25.2 Å². The van der Waals surface area contributed by atoms with E-state index in [4.69, 9.17) is 56.2 Å². The van der Waals surface area contributed by atoms with E-state index in [0.717, 1.165) is 0 Å². The van der Waals surface area contributed by atoms with Gasteiger partial charge in [-0.05, 0) is 42.0 Å². The summed E-state index contributed by atoms with van der Waals surface area (Å²) in [5, 5.41) is 6.73. The lowest BCUT2D eigenvalue weighted by Gasteiger charge is -2.22. The average molecular weight is 553 g/mol. The Bertz CT molecular complexity index is 1120. The van der Waals surface area contributed by atoms with Gasteiger partial charge in [-0.3, -0.25) is 4.57 Å². The molecule has 160 valence electrons. The van der Waals surface area contributed by atoms with Crippen LogP contribution in [0.1, 0.15) is 11.1 Å². The lowest BCUT2D eigenvalue weighted by molar-refractivity contribution is -0.137. The number of nitriles is 1. The third kappa shape index (κ3) is 4.56. The minimum absolute atomic E-state index is 0.475. The lowest BCUT2D eigenvalue weighted by Crippen LogP contribution is -2.11. The Kier molecular flexibility index (Phi) is 6.98. The van der Waals surface area contributed by atoms with Gasteiger partial charge in [-0.25, -0.2) is 12.8 Å². The molecule has 0 fully saturated rings. The molecule has 2 aromatic rings. The molecule has 0 spiro atoms. The van der Waals surface area contributed by atoms with Crippen LogP contribution >= 0.6 is 64.6 Å². The van der Waals surface area contributed by atoms with Gasteiger partial charge in [0.05, 0.1) is 26.2 Å². The Morgan fingerprint density at radius 3 is 1.97 bits per heavy atom. The largest absolute Gasteiger partial charge is 0.416 e. The first kappa shape index (κ1) is 24.7. The quantitative estimate of drug-likeness (QED) is 0.379. The van der Waals surface area contributed by atoms with Crippen LogP contribution in [0.5, 0.6) is 0 Å². The Hall–Kier alpha value is -0.540. The summed E-state index contributed by atoms with van der Waals surface area (Å²) in [6, 6.07) is 1.14. The maximum absolute atomic E-state index is 13.5. The number of aromatic nitrogens is 1. The van der Waals surface area contributed by atoms with Crippen molar-refractivity contribution in [3.05, 3.63) is 38.5 Å². The maximum atomic E-state index is 13.5. The molecule has 0 saturated carbocycles. The molecular weight excluding hydrogens is 546 g/mol. The summed E-state index contributed by atoms with van der Waals surface area (Å²) in [6.45, 7) is 0. The standard InChI is InChI=1S/C14H7Cl5F4N2O2S2/c1-28(26,27)13-11(29(18,19)5-20)7(4-24)12(17)25(13)10-8(15)2-6(3-9(10)16)14(21,22)23/h2-3H,5H2,1H3. The molecule has 0 atom stereocenters. The van der Waals surface area contributed by atoms with E-state index in [1.165, 1.54) is 0 Å². The van der Waals surface area contributed by atoms with Gasteiger partial charge < -0.3 is 0 Å². The summed E-state index contributed by atoms with van der Waals surface area (Å²) < 4.78 is 78.0. The third-order valence-corrected chi connectivity index (χ3v) is 8.34. The highest BCUT2D eigenvalue weighted by atomic mass is 36.0. The average Bonchev–Trinajstić information content (AvgIpc) is 2.87. The zero-order chi connectivity index (χ0) is 22.5. The minimum Gasteiger partial charge on any atom is -0.286 e. The van der Waals surface area contributed by atoms with Crippen LogP contribution in [0.2, 0.25) is 15.2 Å². The molecule has 4 nitrogen and oxygen atoms in total. The van der Waals surface area contributed by atoms with Crippen LogP contribution in [0.25, 0.3) is 5.69 Å². The van der Waals surface area contributed by atoms with E-state index in [-0.39, 0.29) is 0 Å². The molecule has 1 aromatic heterocycles. The second-order valence-electron chi connectivity index (χ2n) is 5.49. The van der Waals surface area contributed by atoms with E-state index in [1.807, 2.05) is 0 Å². The molecule has 2 rings (SSSR count). The molecule has 0 bridgehead atoms. The zero-order valence-electron chi connectivity index (χ0n) is 13.8. The van der Waals surface area contributed by atoms with Gasteiger partial charge in [-0.1, -0.05) is 34.8 Å². The predicted molar refractivity (Wildman–Crippen MR) is 107 cm³/mol. The number of hydrogen-bond acceptors (Lipinski definition) is 3. The van der Waals surface area contributed by atoms with Crippen molar-refractivity contribution >= 4 is 74.5 Å². The van der Waals surface area contributed by atoms with E-state index in [2.05, 4.69) is 0 Å². The molecule has 1 heterocycles. The SMILES string of the molecule is CS(=O)(=O)c1c(S(Cl)(Cl)CF)c(C#N)c(Cl)n1-c1c(Cl)cc(C(F)(F)F)cc1Cl. The Morgan fingerprint density at radius 2 is 1.62 bits per heavy atom. The van der Waals surface area contributed by atoms with Gasteiger partial charge in [0.2, 0.25) is 0 Å². The van der Waals surface area contributed by atoms with Crippen LogP contribution in [0.15, 0.2) is 22.1 Å². The maximum Gasteiger partial charge on any atom is 0.416 e. The molecule has 1 aromatic carbocycles. The van der Waals surface area contributed by atoms with Gasteiger partial charge in [-0.2, -0.15) is 18.4 Å². The van der Waals surface area contributed by atoms with Crippen molar-refractivity contribution in [3.8, 4) is 11.8 Å². The molecule has 0 aliphatic heterocycles. The van der Waals surface area contributed by atoms with E-state index < -0.39 is 72.4 Å². The smallest absolute Gasteiger partial charge is 0.286 e. The highest BCUT2D eigenvalue weighted by molar-refractivity contribution is 8.65. The predicted octanol–water partition coefficient (Wildman–Crippen LogP) is 7.13. The van der Waals surface area contributed by atoms with Gasteiger partial charge in [0.25, 0.3) is 0 Å². The molecule has 0 radical (unpaired) electrons. The lowest BCUT2D eigenvalue weighted by atomic mass is 10.2. The van der Waals surface area contributed by atoms with Crippen molar-refractivity contribution in [1.29, 1.82) is 5.26 Å². The van der Waals surface area contributed by atoms with Crippen molar-refractivity contribution in [2.75, 3.05) is 12.3 Å². The number of benzene rings is 1. The van der Waals surface area contributed by atoms with Gasteiger partial charge in [-0.15, -0.1) is 0 Å². The van der Waals surface area contributed by atoms with Crippen molar-refractivity contribution in [2.45, 2.75) is 16.1 Å². The first-order chi connectivity index (χ1) is 13.1. The number of rotatable bonds is 4. The van der Waals surface area contributed by atoms with Gasteiger partial charge in [0, 0.05) is 6.26 Å². The molecule has 0 saturated heterocycles. The highest BCUT2D eigenvalue weighted by Gasteiger charge is 2.40. The van der Waals surface area contributed by atoms with E-state index in [9.17, 15) is 31.2 Å². The summed E-state index contributed by atoms with van der Waals surface area (Å²) in [5.74, 6) is 0. The number of halogens is 9. The molecule has 0 N–H and O–H groups in total. The molecule has 0 amide bonds. The van der Waals surface area contributed by atoms with Crippen molar-refractivity contribution in [1.82, 2.24) is 4.57 Å². The molecule has 0 unspecified atom stereocenters. The van der Waals surface area contributed by atoms with Crippen LogP contribution < -0.4 is 0 Å². The summed E-state index contributed by atoms with van der Waals surface area (Å²) in [4.78, 5) is -0.606. The Labute approximate surface area is 188 Å². The summed E-state index contributed by atoms with van der Waals surface area (Å²) in [5.41, 5.74) is -2.26. The Balaban J connectivity index is 3.09. The number of sulfone groups is 1. The van der Waals surface area contributed by atoms with Crippen molar-refractivity contribution < 1.29 is 26.0 Å². The fourth-order valence-electron chi connectivity index (χ4n) is 2.41. The molecule has 0 aliphatic rings. The van der Waals surface area contributed by atoms with Gasteiger partial charge >= 0.3 is 6.18 Å². The summed E-state index contributed by atoms with van der Waals surface area (Å²) in [7, 11) is 4.07. The number of alkyl halides is 4. The fraction of sp³-hybridized carbons (Fsp3) is 0.214. The molecule has 0 aliphatic carbocycles. The molecular formula is C14H7Cl5F4N2O2S2. The fourth-order valence-corrected chi connectivity index (χ4v) is 7.38. The van der Waals surface area contributed by atoms with Crippen molar-refractivity contribution in [2.24, 2.45) is 0 Å². The first-order valence-corrected chi connectivity index (χ1v) is 13.4. The normalized spacial score (nSPS) is 13.4. The third-order valence-electron chi connectivity index (χ3n) is 3.49. The summed E-state index contributed by atoms with van der Waals surface area (Å²) in [6.07, 6.45) is -4.11. The number of hydrogen-bond donors (Lipinski definition) is 0. The van der Waals surface area contributed by atoms with Gasteiger partial charge in [0.15, 0.2) is 14.9 Å². The van der Waals surface area contributed by atoms with E-state index in [1.54, 1.807) is 6.07 Å². The minimum atomic E-state index is -4.80.